The molecule has 4 nitrogen and oxygen atoms in total. The van der Waals surface area contributed by atoms with Gasteiger partial charge in [0.2, 0.25) is 0 Å². The van der Waals surface area contributed by atoms with Crippen LogP contribution in [0.1, 0.15) is 23.7 Å². The largest absolute Gasteiger partial charge is 0.462 e. The predicted molar refractivity (Wildman–Crippen MR) is 91.0 cm³/mol. The maximum Gasteiger partial charge on any atom is 0.416 e. The van der Waals surface area contributed by atoms with Crippen LogP contribution in [0.5, 0.6) is 0 Å². The summed E-state index contributed by atoms with van der Waals surface area (Å²) in [6, 6.07) is 2.39. The number of halogens is 7. The van der Waals surface area contributed by atoms with Crippen molar-refractivity contribution in [3.05, 3.63) is 51.8 Å². The zero-order chi connectivity index (χ0) is 21.1. The van der Waals surface area contributed by atoms with Gasteiger partial charge in [-0.2, -0.15) is 26.3 Å². The quantitative estimate of drug-likeness (QED) is 0.338. The molecule has 0 bridgehead atoms. The van der Waals surface area contributed by atoms with Gasteiger partial charge < -0.3 is 4.74 Å². The van der Waals surface area contributed by atoms with Crippen LogP contribution in [0.3, 0.4) is 0 Å². The summed E-state index contributed by atoms with van der Waals surface area (Å²) in [6.07, 6.45) is -7.62. The third-order valence-electron chi connectivity index (χ3n) is 3.27. The number of esters is 1. The molecule has 150 valence electrons. The van der Waals surface area contributed by atoms with Gasteiger partial charge >= 0.3 is 18.3 Å². The lowest BCUT2D eigenvalue weighted by Gasteiger charge is -2.13. The number of hydrogen-bond acceptors (Lipinski definition) is 4. The molecule has 0 N–H and O–H groups in total. The zero-order valence-electron chi connectivity index (χ0n) is 14.0. The summed E-state index contributed by atoms with van der Waals surface area (Å²) in [5, 5.41) is 0. The third-order valence-corrected chi connectivity index (χ3v) is 3.82. The number of carbonyl (C=O) groups excluding carboxylic acids is 1. The Morgan fingerprint density at radius 1 is 1.11 bits per heavy atom. The monoisotopic (exact) mass is 468 g/mol. The lowest BCUT2D eigenvalue weighted by Crippen LogP contribution is -2.11. The van der Waals surface area contributed by atoms with Crippen LogP contribution in [0.15, 0.2) is 34.9 Å². The van der Waals surface area contributed by atoms with E-state index in [0.29, 0.717) is 12.1 Å². The summed E-state index contributed by atoms with van der Waals surface area (Å²) in [6.45, 7) is 1.70. The smallest absolute Gasteiger partial charge is 0.416 e. The molecule has 0 fully saturated rings. The average Bonchev–Trinajstić information content (AvgIpc) is 2.60. The molecule has 0 saturated heterocycles. The van der Waals surface area contributed by atoms with E-state index in [4.69, 9.17) is 4.74 Å². The molecule has 0 atom stereocenters. The van der Waals surface area contributed by atoms with E-state index in [1.807, 2.05) is 0 Å². The Morgan fingerprint density at radius 3 is 2.18 bits per heavy atom. The summed E-state index contributed by atoms with van der Waals surface area (Å²) >= 11 is 2.97. The van der Waals surface area contributed by atoms with E-state index >= 15 is 0 Å². The van der Waals surface area contributed by atoms with Crippen molar-refractivity contribution in [3.8, 4) is 11.4 Å². The van der Waals surface area contributed by atoms with Gasteiger partial charge in [-0.15, -0.1) is 0 Å². The van der Waals surface area contributed by atoms with Gasteiger partial charge in [-0.25, -0.2) is 14.8 Å². The number of aromatic nitrogens is 2. The number of benzene rings is 1. The highest BCUT2D eigenvalue weighted by atomic mass is 79.9. The Kier molecular flexibility index (Phi) is 6.48. The molecule has 11 heteroatoms. The predicted octanol–water partition coefficient (Wildman–Crippen LogP) is 5.48. The van der Waals surface area contributed by atoms with Gasteiger partial charge in [-0.3, -0.25) is 0 Å². The van der Waals surface area contributed by atoms with Crippen molar-refractivity contribution in [2.45, 2.75) is 19.3 Å². The molecule has 28 heavy (non-hydrogen) atoms. The van der Waals surface area contributed by atoms with Crippen molar-refractivity contribution >= 4 is 28.0 Å². The Balaban J connectivity index is 2.53. The first kappa shape index (κ1) is 21.9. The highest BCUT2D eigenvalue weighted by molar-refractivity contribution is 9.12. The van der Waals surface area contributed by atoms with Gasteiger partial charge in [-0.1, -0.05) is 0 Å². The SMILES string of the molecule is CCOC(=O)/C(Br)=C/c1ccnc(-c2cc(C(F)(F)F)cc(C(F)(F)F)c2)n1. The van der Waals surface area contributed by atoms with E-state index in [2.05, 4.69) is 25.9 Å². The minimum absolute atomic E-state index is 0.0184. The molecule has 0 aliphatic carbocycles. The second kappa shape index (κ2) is 8.29. The number of nitrogens with zero attached hydrogens (tertiary/aromatic N) is 2. The Hall–Kier alpha value is -2.43. The molecule has 0 aliphatic heterocycles. The van der Waals surface area contributed by atoms with Crippen molar-refractivity contribution < 1.29 is 35.9 Å². The highest BCUT2D eigenvalue weighted by Gasteiger charge is 2.37. The van der Waals surface area contributed by atoms with Crippen molar-refractivity contribution in [2.75, 3.05) is 6.61 Å². The second-order valence-corrected chi connectivity index (χ2v) is 6.17. The van der Waals surface area contributed by atoms with Crippen molar-refractivity contribution in [1.82, 2.24) is 9.97 Å². The van der Waals surface area contributed by atoms with Crippen LogP contribution < -0.4 is 0 Å². The number of alkyl halides is 6. The topological polar surface area (TPSA) is 52.1 Å². The Labute approximate surface area is 163 Å². The highest BCUT2D eigenvalue weighted by Crippen LogP contribution is 2.38. The molecule has 0 radical (unpaired) electrons. The number of hydrogen-bond donors (Lipinski definition) is 0. The van der Waals surface area contributed by atoms with Crippen LogP contribution >= 0.6 is 15.9 Å². The lowest BCUT2D eigenvalue weighted by atomic mass is 10.0. The first-order chi connectivity index (χ1) is 12.9. The maximum atomic E-state index is 13.0. The lowest BCUT2D eigenvalue weighted by molar-refractivity contribution is -0.143. The summed E-state index contributed by atoms with van der Waals surface area (Å²) in [5.74, 6) is -1.07. The van der Waals surface area contributed by atoms with Crippen LogP contribution in [-0.4, -0.2) is 22.5 Å². The van der Waals surface area contributed by atoms with Gasteiger partial charge in [0.05, 0.1) is 23.4 Å². The van der Waals surface area contributed by atoms with E-state index in [0.717, 1.165) is 6.20 Å². The van der Waals surface area contributed by atoms with Crippen molar-refractivity contribution in [1.29, 1.82) is 0 Å². The molecule has 2 rings (SSSR count). The first-order valence-corrected chi connectivity index (χ1v) is 8.38. The van der Waals surface area contributed by atoms with E-state index in [9.17, 15) is 31.1 Å². The summed E-state index contributed by atoms with van der Waals surface area (Å²) in [5.41, 5.74) is -3.34. The standard InChI is InChI=1S/C17H11BrF6N2O2/c1-2-28-15(27)13(18)8-12-3-4-25-14(26-12)9-5-10(16(19,20)21)7-11(6-9)17(22,23)24/h3-8H,2H2,1H3/b13-8-. The summed E-state index contributed by atoms with van der Waals surface area (Å²) < 4.78 is 82.7. The van der Waals surface area contributed by atoms with E-state index < -0.39 is 35.0 Å². The maximum absolute atomic E-state index is 13.0. The van der Waals surface area contributed by atoms with Crippen molar-refractivity contribution in [3.63, 3.8) is 0 Å². The molecule has 0 amide bonds. The minimum atomic E-state index is -4.99. The minimum Gasteiger partial charge on any atom is -0.462 e. The number of rotatable bonds is 4. The summed E-state index contributed by atoms with van der Waals surface area (Å²) in [4.78, 5) is 19.2. The number of ether oxygens (including phenoxy) is 1. The van der Waals surface area contributed by atoms with E-state index in [1.165, 1.54) is 12.1 Å². The van der Waals surface area contributed by atoms with Crippen LogP contribution in [0.2, 0.25) is 0 Å². The fourth-order valence-electron chi connectivity index (χ4n) is 2.06. The van der Waals surface area contributed by atoms with Crippen LogP contribution in [0, 0.1) is 0 Å². The second-order valence-electron chi connectivity index (χ2n) is 5.31. The van der Waals surface area contributed by atoms with Gasteiger partial charge in [0.1, 0.15) is 4.48 Å². The Bertz CT molecular complexity index is 877. The molecule has 0 unspecified atom stereocenters. The summed E-state index contributed by atoms with van der Waals surface area (Å²) in [7, 11) is 0. The average molecular weight is 469 g/mol. The normalized spacial score (nSPS) is 12.8. The van der Waals surface area contributed by atoms with Gasteiger partial charge in [0.15, 0.2) is 5.82 Å². The molecule has 0 aliphatic rings. The molecule has 1 aromatic carbocycles. The molecular weight excluding hydrogens is 458 g/mol. The molecule has 0 spiro atoms. The zero-order valence-corrected chi connectivity index (χ0v) is 15.6. The first-order valence-electron chi connectivity index (χ1n) is 7.59. The fraction of sp³-hybridized carbons (Fsp3) is 0.235. The molecule has 1 aromatic heterocycles. The molecule has 0 saturated carbocycles. The van der Waals surface area contributed by atoms with E-state index in [1.54, 1.807) is 6.92 Å². The van der Waals surface area contributed by atoms with Crippen molar-refractivity contribution in [2.24, 2.45) is 0 Å². The molecule has 1 heterocycles. The van der Waals surface area contributed by atoms with Gasteiger partial charge in [0, 0.05) is 11.8 Å². The van der Waals surface area contributed by atoms with Crippen LogP contribution in [-0.2, 0) is 21.9 Å². The number of carbonyl (C=O) groups is 1. The fourth-order valence-corrected chi connectivity index (χ4v) is 2.41. The Morgan fingerprint density at radius 2 is 1.68 bits per heavy atom. The van der Waals surface area contributed by atoms with Gasteiger partial charge in [0.25, 0.3) is 0 Å². The third kappa shape index (κ3) is 5.54. The van der Waals surface area contributed by atoms with Crippen LogP contribution in [0.25, 0.3) is 17.5 Å². The van der Waals surface area contributed by atoms with E-state index in [-0.39, 0.29) is 28.7 Å². The molecular formula is C17H11BrF6N2O2. The molecule has 2 aromatic rings. The van der Waals surface area contributed by atoms with Crippen LogP contribution in [0.4, 0.5) is 26.3 Å². The van der Waals surface area contributed by atoms with Gasteiger partial charge in [-0.05, 0) is 53.2 Å².